The minimum atomic E-state index is -1.71. The summed E-state index contributed by atoms with van der Waals surface area (Å²) < 4.78 is 13.2. The molecule has 0 saturated heterocycles. The van der Waals surface area contributed by atoms with Gasteiger partial charge in [0.15, 0.2) is 0 Å². The fraction of sp³-hybridized carbons (Fsp3) is 0.0714. The van der Waals surface area contributed by atoms with Crippen LogP contribution in [0.1, 0.15) is 15.9 Å². The number of nitrogens with one attached hydrogen (secondary N) is 1. The van der Waals surface area contributed by atoms with E-state index in [1.54, 1.807) is 13.0 Å². The van der Waals surface area contributed by atoms with Crippen molar-refractivity contribution >= 4 is 35.8 Å². The number of carbonyl (C=O) groups is 1. The van der Waals surface area contributed by atoms with Gasteiger partial charge in [0.1, 0.15) is 5.82 Å². The summed E-state index contributed by atoms with van der Waals surface area (Å²) in [5.41, 5.74) is 1.42. The molecule has 0 atom stereocenters. The molecule has 0 bridgehead atoms. The number of amides is 1. The van der Waals surface area contributed by atoms with Crippen LogP contribution in [0.3, 0.4) is 0 Å². The zero-order valence-corrected chi connectivity index (χ0v) is 11.9. The molecular weight excluding hydrogens is 295 g/mol. The van der Waals surface area contributed by atoms with Crippen molar-refractivity contribution in [2.75, 3.05) is 5.32 Å². The predicted molar refractivity (Wildman–Crippen MR) is 80.4 cm³/mol. The van der Waals surface area contributed by atoms with E-state index in [4.69, 9.17) is 21.6 Å². The maximum absolute atomic E-state index is 13.2. The Labute approximate surface area is 126 Å². The van der Waals surface area contributed by atoms with Gasteiger partial charge in [0.25, 0.3) is 5.91 Å². The molecule has 2 rings (SSSR count). The Morgan fingerprint density at radius 2 is 1.95 bits per heavy atom. The molecule has 0 radical (unpaired) electrons. The van der Waals surface area contributed by atoms with Gasteiger partial charge in [-0.2, -0.15) is 0 Å². The summed E-state index contributed by atoms with van der Waals surface area (Å²) in [6, 6.07) is 8.16. The summed E-state index contributed by atoms with van der Waals surface area (Å²) in [5.74, 6) is -0.919. The van der Waals surface area contributed by atoms with Gasteiger partial charge in [-0.25, -0.2) is 4.39 Å². The molecule has 108 valence electrons. The van der Waals surface area contributed by atoms with E-state index in [2.05, 4.69) is 5.32 Å². The van der Waals surface area contributed by atoms with Crippen LogP contribution < -0.4 is 10.8 Å². The number of carbonyl (C=O) groups excluding carboxylic acids is 1. The van der Waals surface area contributed by atoms with Crippen molar-refractivity contribution in [3.63, 3.8) is 0 Å². The highest BCUT2D eigenvalue weighted by Gasteiger charge is 2.17. The molecular formula is C14H12BClFNO3. The van der Waals surface area contributed by atoms with Crippen LogP contribution in [0.2, 0.25) is 5.02 Å². The Kier molecular flexibility index (Phi) is 4.62. The number of benzene rings is 2. The summed E-state index contributed by atoms with van der Waals surface area (Å²) >= 11 is 5.87. The first-order valence-corrected chi connectivity index (χ1v) is 6.49. The largest absolute Gasteiger partial charge is 0.489 e. The fourth-order valence-corrected chi connectivity index (χ4v) is 2.08. The zero-order chi connectivity index (χ0) is 15.6. The molecule has 21 heavy (non-hydrogen) atoms. The monoisotopic (exact) mass is 307 g/mol. The quantitative estimate of drug-likeness (QED) is 0.756. The van der Waals surface area contributed by atoms with Crippen molar-refractivity contribution in [1.82, 2.24) is 0 Å². The molecule has 0 heterocycles. The molecule has 1 amide bonds. The highest BCUT2D eigenvalue weighted by molar-refractivity contribution is 6.62. The average Bonchev–Trinajstić information content (AvgIpc) is 2.42. The van der Waals surface area contributed by atoms with E-state index < -0.39 is 18.8 Å². The van der Waals surface area contributed by atoms with E-state index in [1.165, 1.54) is 30.3 Å². The lowest BCUT2D eigenvalue weighted by atomic mass is 9.80. The van der Waals surface area contributed by atoms with E-state index in [-0.39, 0.29) is 16.0 Å². The van der Waals surface area contributed by atoms with Gasteiger partial charge >= 0.3 is 7.12 Å². The van der Waals surface area contributed by atoms with Gasteiger partial charge in [-0.15, -0.1) is 0 Å². The second-order valence-corrected chi connectivity index (χ2v) is 4.93. The maximum atomic E-state index is 13.2. The molecule has 0 saturated carbocycles. The molecule has 0 aliphatic rings. The van der Waals surface area contributed by atoms with E-state index in [9.17, 15) is 9.18 Å². The smallest absolute Gasteiger partial charge is 0.423 e. The summed E-state index contributed by atoms with van der Waals surface area (Å²) in [4.78, 5) is 12.1. The van der Waals surface area contributed by atoms with Gasteiger partial charge in [0.05, 0.1) is 0 Å². The third kappa shape index (κ3) is 3.61. The second kappa shape index (κ2) is 6.26. The first kappa shape index (κ1) is 15.5. The minimum absolute atomic E-state index is 0.0635. The van der Waals surface area contributed by atoms with Crippen LogP contribution in [0.4, 0.5) is 10.1 Å². The van der Waals surface area contributed by atoms with E-state index in [0.717, 1.165) is 5.56 Å². The van der Waals surface area contributed by atoms with Crippen molar-refractivity contribution < 1.29 is 19.2 Å². The number of hydrogen-bond acceptors (Lipinski definition) is 3. The third-order valence-corrected chi connectivity index (χ3v) is 3.32. The number of aryl methyl sites for hydroxylation is 1. The van der Waals surface area contributed by atoms with Crippen molar-refractivity contribution in [1.29, 1.82) is 0 Å². The molecule has 0 aliphatic carbocycles. The van der Waals surface area contributed by atoms with Gasteiger partial charge in [-0.3, -0.25) is 4.79 Å². The maximum Gasteiger partial charge on any atom is 0.489 e. The zero-order valence-electron chi connectivity index (χ0n) is 11.1. The fourth-order valence-electron chi connectivity index (χ4n) is 1.80. The Hall–Kier alpha value is -1.89. The molecule has 4 nitrogen and oxygen atoms in total. The molecule has 2 aromatic carbocycles. The predicted octanol–water partition coefficient (Wildman–Crippen LogP) is 1.72. The second-order valence-electron chi connectivity index (χ2n) is 4.52. The first-order valence-electron chi connectivity index (χ1n) is 6.11. The van der Waals surface area contributed by atoms with Crippen molar-refractivity contribution in [2.45, 2.75) is 6.92 Å². The number of rotatable bonds is 3. The van der Waals surface area contributed by atoms with Gasteiger partial charge in [-0.1, -0.05) is 23.7 Å². The first-order chi connectivity index (χ1) is 9.88. The Balaban J connectivity index is 2.24. The molecule has 3 N–H and O–H groups in total. The third-order valence-electron chi connectivity index (χ3n) is 2.99. The standard InChI is InChI=1S/C14H12BClFNO3/c1-8-2-4-10(17)7-13(8)18-14(19)9-3-5-11(15(20)21)12(16)6-9/h2-7,20-21H,1H3,(H,18,19). The Morgan fingerprint density at radius 3 is 2.57 bits per heavy atom. The van der Waals surface area contributed by atoms with Gasteiger partial charge < -0.3 is 15.4 Å². The highest BCUT2D eigenvalue weighted by atomic mass is 35.5. The van der Waals surface area contributed by atoms with Crippen LogP contribution in [0.5, 0.6) is 0 Å². The van der Waals surface area contributed by atoms with Crippen LogP contribution in [0.25, 0.3) is 0 Å². The molecule has 0 aliphatic heterocycles. The Bertz CT molecular complexity index is 694. The molecule has 0 aromatic heterocycles. The summed E-state index contributed by atoms with van der Waals surface area (Å²) in [6.07, 6.45) is 0. The normalized spacial score (nSPS) is 10.3. The van der Waals surface area contributed by atoms with Crippen LogP contribution in [0, 0.1) is 12.7 Å². The summed E-state index contributed by atoms with van der Waals surface area (Å²) in [6.45, 7) is 1.74. The lowest BCUT2D eigenvalue weighted by molar-refractivity contribution is 0.102. The average molecular weight is 308 g/mol. The molecule has 0 unspecified atom stereocenters. The van der Waals surface area contributed by atoms with E-state index in [0.29, 0.717) is 5.69 Å². The molecule has 0 fully saturated rings. The minimum Gasteiger partial charge on any atom is -0.423 e. The van der Waals surface area contributed by atoms with Gasteiger partial charge in [-0.05, 0) is 36.8 Å². The van der Waals surface area contributed by atoms with Crippen molar-refractivity contribution in [2.24, 2.45) is 0 Å². The SMILES string of the molecule is Cc1ccc(F)cc1NC(=O)c1ccc(B(O)O)c(Cl)c1. The number of halogens is 2. The van der Waals surface area contributed by atoms with Crippen LogP contribution >= 0.6 is 11.6 Å². The molecule has 7 heteroatoms. The van der Waals surface area contributed by atoms with Crippen molar-refractivity contribution in [3.8, 4) is 0 Å². The molecule has 0 spiro atoms. The Morgan fingerprint density at radius 1 is 1.24 bits per heavy atom. The number of hydrogen-bond donors (Lipinski definition) is 3. The lowest BCUT2D eigenvalue weighted by Crippen LogP contribution is -2.31. The lowest BCUT2D eigenvalue weighted by Gasteiger charge is -2.10. The van der Waals surface area contributed by atoms with Crippen LogP contribution in [0.15, 0.2) is 36.4 Å². The van der Waals surface area contributed by atoms with E-state index >= 15 is 0 Å². The summed E-state index contributed by atoms with van der Waals surface area (Å²) in [5, 5.41) is 20.8. The topological polar surface area (TPSA) is 69.6 Å². The highest BCUT2D eigenvalue weighted by Crippen LogP contribution is 2.18. The molecule has 2 aromatic rings. The van der Waals surface area contributed by atoms with Gasteiger partial charge in [0, 0.05) is 21.7 Å². The summed E-state index contributed by atoms with van der Waals surface area (Å²) in [7, 11) is -1.71. The van der Waals surface area contributed by atoms with E-state index in [1.807, 2.05) is 0 Å². The van der Waals surface area contributed by atoms with Crippen LogP contribution in [-0.4, -0.2) is 23.1 Å². The number of anilines is 1. The van der Waals surface area contributed by atoms with Crippen molar-refractivity contribution in [3.05, 3.63) is 58.4 Å². The van der Waals surface area contributed by atoms with Crippen LogP contribution in [-0.2, 0) is 0 Å². The van der Waals surface area contributed by atoms with Gasteiger partial charge in [0.2, 0.25) is 0 Å².